The van der Waals surface area contributed by atoms with Crippen LogP contribution in [0.5, 0.6) is 11.6 Å². The molecule has 1 amide bonds. The van der Waals surface area contributed by atoms with Crippen LogP contribution in [0.1, 0.15) is 34.3 Å². The van der Waals surface area contributed by atoms with Gasteiger partial charge in [0.15, 0.2) is 0 Å². The maximum Gasteiger partial charge on any atom is 0.265 e. The zero-order valence-electron chi connectivity index (χ0n) is 13.8. The summed E-state index contributed by atoms with van der Waals surface area (Å²) in [6, 6.07) is 13.0. The number of aryl methyl sites for hydroxylation is 1. The van der Waals surface area contributed by atoms with E-state index in [1.807, 2.05) is 43.3 Å². The van der Waals surface area contributed by atoms with Crippen molar-refractivity contribution in [3.05, 3.63) is 64.8 Å². The normalized spacial score (nSPS) is 10.4. The maximum absolute atomic E-state index is 12.3. The standard InChI is InChI=1S/C18H18N4O2S/c1-2-6-15-17(25-22-21-15)18(23)20-12-13-7-5-8-14(11-13)24-16-9-3-4-10-19-16/h3-5,7-11H,2,6,12H2,1H3,(H,20,23). The number of aromatic nitrogens is 3. The summed E-state index contributed by atoms with van der Waals surface area (Å²) in [5.74, 6) is 1.06. The highest BCUT2D eigenvalue weighted by molar-refractivity contribution is 7.08. The van der Waals surface area contributed by atoms with Gasteiger partial charge in [-0.25, -0.2) is 4.98 Å². The van der Waals surface area contributed by atoms with E-state index >= 15 is 0 Å². The van der Waals surface area contributed by atoms with Crippen LogP contribution < -0.4 is 10.1 Å². The highest BCUT2D eigenvalue weighted by Gasteiger charge is 2.15. The molecule has 0 bridgehead atoms. The molecule has 3 aromatic rings. The first-order chi connectivity index (χ1) is 12.3. The van der Waals surface area contributed by atoms with Crippen LogP contribution in [0.4, 0.5) is 0 Å². The summed E-state index contributed by atoms with van der Waals surface area (Å²) in [6.07, 6.45) is 3.36. The molecule has 0 radical (unpaired) electrons. The van der Waals surface area contributed by atoms with Crippen LogP contribution in [0, 0.1) is 0 Å². The van der Waals surface area contributed by atoms with Crippen molar-refractivity contribution in [3.63, 3.8) is 0 Å². The van der Waals surface area contributed by atoms with Gasteiger partial charge in [-0.3, -0.25) is 4.79 Å². The van der Waals surface area contributed by atoms with Crippen LogP contribution in [0.15, 0.2) is 48.7 Å². The van der Waals surface area contributed by atoms with Crippen molar-refractivity contribution in [2.75, 3.05) is 0 Å². The monoisotopic (exact) mass is 354 g/mol. The summed E-state index contributed by atoms with van der Waals surface area (Å²) < 4.78 is 9.59. The Kier molecular flexibility index (Phi) is 5.69. The van der Waals surface area contributed by atoms with Gasteiger partial charge in [0.2, 0.25) is 5.88 Å². The van der Waals surface area contributed by atoms with Crippen LogP contribution >= 0.6 is 11.5 Å². The lowest BCUT2D eigenvalue weighted by Crippen LogP contribution is -2.23. The molecule has 1 N–H and O–H groups in total. The lowest BCUT2D eigenvalue weighted by molar-refractivity contribution is 0.0954. The molecule has 128 valence electrons. The summed E-state index contributed by atoms with van der Waals surface area (Å²) in [4.78, 5) is 17.0. The Morgan fingerprint density at radius 1 is 1.24 bits per heavy atom. The molecule has 2 aromatic heterocycles. The van der Waals surface area contributed by atoms with Crippen molar-refractivity contribution in [2.45, 2.75) is 26.3 Å². The summed E-state index contributed by atoms with van der Waals surface area (Å²) in [6.45, 7) is 2.45. The average molecular weight is 354 g/mol. The van der Waals surface area contributed by atoms with Crippen LogP contribution in [0.25, 0.3) is 0 Å². The van der Waals surface area contributed by atoms with Crippen molar-refractivity contribution < 1.29 is 9.53 Å². The fourth-order valence-electron chi connectivity index (χ4n) is 2.29. The molecule has 6 nitrogen and oxygen atoms in total. The predicted octanol–water partition coefficient (Wildman–Crippen LogP) is 3.61. The third kappa shape index (κ3) is 4.60. The Labute approximate surface area is 150 Å². The van der Waals surface area contributed by atoms with E-state index in [0.717, 1.165) is 35.6 Å². The minimum Gasteiger partial charge on any atom is -0.439 e. The van der Waals surface area contributed by atoms with Crippen LogP contribution in [0.3, 0.4) is 0 Å². The van der Waals surface area contributed by atoms with E-state index in [2.05, 4.69) is 19.9 Å². The number of pyridine rings is 1. The van der Waals surface area contributed by atoms with Gasteiger partial charge in [-0.2, -0.15) is 0 Å². The number of benzene rings is 1. The zero-order valence-corrected chi connectivity index (χ0v) is 14.6. The number of hydrogen-bond acceptors (Lipinski definition) is 6. The first-order valence-corrected chi connectivity index (χ1v) is 8.81. The van der Waals surface area contributed by atoms with Gasteiger partial charge in [0.1, 0.15) is 10.6 Å². The molecule has 2 heterocycles. The first kappa shape index (κ1) is 17.0. The second kappa shape index (κ2) is 8.34. The molecular weight excluding hydrogens is 336 g/mol. The molecule has 0 saturated heterocycles. The SMILES string of the molecule is CCCc1nnsc1C(=O)NCc1cccc(Oc2ccccn2)c1. The molecule has 0 saturated carbocycles. The zero-order chi connectivity index (χ0) is 17.5. The van der Waals surface area contributed by atoms with Crippen molar-refractivity contribution in [1.29, 1.82) is 0 Å². The molecule has 0 unspecified atom stereocenters. The molecule has 0 atom stereocenters. The molecule has 0 aliphatic heterocycles. The molecule has 7 heteroatoms. The van der Waals surface area contributed by atoms with E-state index in [9.17, 15) is 4.79 Å². The summed E-state index contributed by atoms with van der Waals surface area (Å²) >= 11 is 1.13. The average Bonchev–Trinajstić information content (AvgIpc) is 3.10. The molecule has 0 fully saturated rings. The van der Waals surface area contributed by atoms with Gasteiger partial charge >= 0.3 is 0 Å². The fraction of sp³-hybridized carbons (Fsp3) is 0.222. The lowest BCUT2D eigenvalue weighted by Gasteiger charge is -2.08. The quantitative estimate of drug-likeness (QED) is 0.701. The van der Waals surface area contributed by atoms with Gasteiger partial charge in [-0.15, -0.1) is 5.10 Å². The number of amides is 1. The molecule has 1 aromatic carbocycles. The van der Waals surface area contributed by atoms with E-state index < -0.39 is 0 Å². The van der Waals surface area contributed by atoms with E-state index in [1.54, 1.807) is 12.3 Å². The second-order valence-electron chi connectivity index (χ2n) is 5.40. The second-order valence-corrected chi connectivity index (χ2v) is 6.15. The number of carbonyl (C=O) groups is 1. The molecule has 0 aliphatic rings. The van der Waals surface area contributed by atoms with Crippen LogP contribution in [0.2, 0.25) is 0 Å². The van der Waals surface area contributed by atoms with Crippen molar-refractivity contribution >= 4 is 17.4 Å². The lowest BCUT2D eigenvalue weighted by atomic mass is 10.2. The Morgan fingerprint density at radius 3 is 2.96 bits per heavy atom. The van der Waals surface area contributed by atoms with E-state index in [0.29, 0.717) is 23.1 Å². The topological polar surface area (TPSA) is 77.0 Å². The molecule has 25 heavy (non-hydrogen) atoms. The van der Waals surface area contributed by atoms with E-state index in [4.69, 9.17) is 4.74 Å². The molecular formula is C18H18N4O2S. The smallest absolute Gasteiger partial charge is 0.265 e. The van der Waals surface area contributed by atoms with Crippen LogP contribution in [-0.2, 0) is 13.0 Å². The van der Waals surface area contributed by atoms with Crippen molar-refractivity contribution in [3.8, 4) is 11.6 Å². The molecule has 0 spiro atoms. The number of nitrogens with zero attached hydrogens (tertiary/aromatic N) is 3. The maximum atomic E-state index is 12.3. The summed E-state index contributed by atoms with van der Waals surface area (Å²) in [5.41, 5.74) is 1.70. The van der Waals surface area contributed by atoms with E-state index in [-0.39, 0.29) is 5.91 Å². The third-order valence-electron chi connectivity index (χ3n) is 3.46. The van der Waals surface area contributed by atoms with Gasteiger partial charge in [0.05, 0.1) is 5.69 Å². The Morgan fingerprint density at radius 2 is 2.16 bits per heavy atom. The molecule has 3 rings (SSSR count). The minimum atomic E-state index is -0.144. The summed E-state index contributed by atoms with van der Waals surface area (Å²) in [5, 5.41) is 6.94. The Bertz CT molecular complexity index is 836. The number of hydrogen-bond donors (Lipinski definition) is 1. The number of carbonyl (C=O) groups excluding carboxylic acids is 1. The number of rotatable bonds is 7. The number of ether oxygens (including phenoxy) is 1. The highest BCUT2D eigenvalue weighted by Crippen LogP contribution is 2.20. The van der Waals surface area contributed by atoms with Crippen LogP contribution in [-0.4, -0.2) is 20.5 Å². The van der Waals surface area contributed by atoms with Crippen molar-refractivity contribution in [1.82, 2.24) is 19.9 Å². The largest absolute Gasteiger partial charge is 0.439 e. The van der Waals surface area contributed by atoms with Gasteiger partial charge in [0, 0.05) is 18.8 Å². The summed E-state index contributed by atoms with van der Waals surface area (Å²) in [7, 11) is 0. The predicted molar refractivity (Wildman–Crippen MR) is 95.8 cm³/mol. The molecule has 0 aliphatic carbocycles. The number of nitrogens with one attached hydrogen (secondary N) is 1. The van der Waals surface area contributed by atoms with Crippen molar-refractivity contribution in [2.24, 2.45) is 0 Å². The fourth-order valence-corrected chi connectivity index (χ4v) is 2.92. The van der Waals surface area contributed by atoms with Gasteiger partial charge in [-0.05, 0) is 41.7 Å². The highest BCUT2D eigenvalue weighted by atomic mass is 32.1. The Hall–Kier alpha value is -2.80. The Balaban J connectivity index is 1.62. The van der Waals surface area contributed by atoms with Gasteiger partial charge in [0.25, 0.3) is 5.91 Å². The first-order valence-electron chi connectivity index (χ1n) is 8.03. The third-order valence-corrected chi connectivity index (χ3v) is 4.23. The minimum absolute atomic E-state index is 0.144. The van der Waals surface area contributed by atoms with Gasteiger partial charge < -0.3 is 10.1 Å². The van der Waals surface area contributed by atoms with Gasteiger partial charge in [-0.1, -0.05) is 36.0 Å². The van der Waals surface area contributed by atoms with E-state index in [1.165, 1.54) is 0 Å².